The van der Waals surface area contributed by atoms with Crippen molar-refractivity contribution in [3.63, 3.8) is 0 Å². The van der Waals surface area contributed by atoms with E-state index in [-0.39, 0.29) is 31.1 Å². The Hall–Kier alpha value is -2.08. The highest BCUT2D eigenvalue weighted by molar-refractivity contribution is 5.93. The Morgan fingerprint density at radius 1 is 1.22 bits per heavy atom. The van der Waals surface area contributed by atoms with Crippen LogP contribution in [-0.2, 0) is 14.3 Å². The molecular formula is C17H26N2O4. The highest BCUT2D eigenvalue weighted by atomic mass is 16.5. The molecule has 0 heterocycles. The van der Waals surface area contributed by atoms with E-state index in [1.165, 1.54) is 0 Å². The SMILES string of the molecule is CCCN(CC(=O)Nc1ccccc1OC)CC(=O)OC(C)C. The summed E-state index contributed by atoms with van der Waals surface area (Å²) in [5, 5.41) is 2.81. The number of hydrogen-bond acceptors (Lipinski definition) is 5. The van der Waals surface area contributed by atoms with Crippen LogP contribution in [0.1, 0.15) is 27.2 Å². The number of methoxy groups -OCH3 is 1. The number of benzene rings is 1. The Morgan fingerprint density at radius 3 is 2.52 bits per heavy atom. The maximum atomic E-state index is 12.2. The van der Waals surface area contributed by atoms with Gasteiger partial charge in [-0.25, -0.2) is 0 Å². The number of hydrogen-bond donors (Lipinski definition) is 1. The summed E-state index contributed by atoms with van der Waals surface area (Å²) >= 11 is 0. The van der Waals surface area contributed by atoms with Crippen LogP contribution in [0.5, 0.6) is 5.75 Å². The summed E-state index contributed by atoms with van der Waals surface area (Å²) in [6.45, 7) is 6.47. The Bertz CT molecular complexity index is 517. The molecule has 1 aromatic carbocycles. The van der Waals surface area contributed by atoms with E-state index in [1.54, 1.807) is 38.0 Å². The lowest BCUT2D eigenvalue weighted by Crippen LogP contribution is -2.38. The highest BCUT2D eigenvalue weighted by Crippen LogP contribution is 2.22. The number of nitrogens with zero attached hydrogens (tertiary/aromatic N) is 1. The maximum absolute atomic E-state index is 12.2. The third-order valence-corrected chi connectivity index (χ3v) is 3.01. The molecule has 6 heteroatoms. The standard InChI is InChI=1S/C17H26N2O4/c1-5-10-19(12-17(21)23-13(2)3)11-16(20)18-14-8-6-7-9-15(14)22-4/h6-9,13H,5,10-12H2,1-4H3,(H,18,20). The van der Waals surface area contributed by atoms with Gasteiger partial charge in [-0.3, -0.25) is 14.5 Å². The van der Waals surface area contributed by atoms with E-state index in [0.29, 0.717) is 18.0 Å². The largest absolute Gasteiger partial charge is 0.495 e. The highest BCUT2D eigenvalue weighted by Gasteiger charge is 2.16. The molecule has 0 unspecified atom stereocenters. The molecule has 0 spiro atoms. The number of anilines is 1. The van der Waals surface area contributed by atoms with Crippen LogP contribution in [0.25, 0.3) is 0 Å². The Morgan fingerprint density at radius 2 is 1.91 bits per heavy atom. The van der Waals surface area contributed by atoms with E-state index >= 15 is 0 Å². The predicted molar refractivity (Wildman–Crippen MR) is 89.6 cm³/mol. The number of amides is 1. The van der Waals surface area contributed by atoms with Crippen LogP contribution in [0.2, 0.25) is 0 Å². The van der Waals surface area contributed by atoms with E-state index < -0.39 is 0 Å². The van der Waals surface area contributed by atoms with Gasteiger partial charge in [-0.05, 0) is 38.9 Å². The van der Waals surface area contributed by atoms with Crippen LogP contribution >= 0.6 is 0 Å². The predicted octanol–water partition coefficient (Wildman–Crippen LogP) is 2.30. The first-order chi connectivity index (χ1) is 11.0. The van der Waals surface area contributed by atoms with Crippen molar-refractivity contribution in [1.29, 1.82) is 0 Å². The van der Waals surface area contributed by atoms with Crippen LogP contribution in [0.4, 0.5) is 5.69 Å². The summed E-state index contributed by atoms with van der Waals surface area (Å²) in [7, 11) is 1.55. The lowest BCUT2D eigenvalue weighted by molar-refractivity contribution is -0.148. The third-order valence-electron chi connectivity index (χ3n) is 3.01. The summed E-state index contributed by atoms with van der Waals surface area (Å²) in [4.78, 5) is 25.7. The van der Waals surface area contributed by atoms with Crippen LogP contribution in [-0.4, -0.2) is 49.6 Å². The molecule has 6 nitrogen and oxygen atoms in total. The first-order valence-electron chi connectivity index (χ1n) is 7.81. The zero-order valence-electron chi connectivity index (χ0n) is 14.3. The van der Waals surface area contributed by atoms with Gasteiger partial charge in [0.15, 0.2) is 0 Å². The molecule has 1 aromatic rings. The van der Waals surface area contributed by atoms with Crippen molar-refractivity contribution in [2.75, 3.05) is 32.1 Å². The van der Waals surface area contributed by atoms with E-state index in [9.17, 15) is 9.59 Å². The zero-order chi connectivity index (χ0) is 17.2. The monoisotopic (exact) mass is 322 g/mol. The molecule has 0 radical (unpaired) electrons. The number of rotatable bonds is 9. The van der Waals surface area contributed by atoms with Crippen molar-refractivity contribution in [3.8, 4) is 5.75 Å². The molecule has 0 aliphatic rings. The van der Waals surface area contributed by atoms with Gasteiger partial charge in [-0.15, -0.1) is 0 Å². The molecule has 0 bridgehead atoms. The molecular weight excluding hydrogens is 296 g/mol. The topological polar surface area (TPSA) is 67.9 Å². The normalized spacial score (nSPS) is 10.7. The molecule has 0 aliphatic heterocycles. The third kappa shape index (κ3) is 7.15. The number of esters is 1. The Labute approximate surface area is 137 Å². The van der Waals surface area contributed by atoms with Gasteiger partial charge < -0.3 is 14.8 Å². The fourth-order valence-electron chi connectivity index (χ4n) is 2.15. The number of carbonyl (C=O) groups is 2. The second kappa shape index (κ2) is 9.84. The van der Waals surface area contributed by atoms with E-state index in [2.05, 4.69) is 5.32 Å². The van der Waals surface area contributed by atoms with Crippen LogP contribution in [0, 0.1) is 0 Å². The zero-order valence-corrected chi connectivity index (χ0v) is 14.3. The first-order valence-corrected chi connectivity index (χ1v) is 7.81. The minimum Gasteiger partial charge on any atom is -0.495 e. The average Bonchev–Trinajstić information content (AvgIpc) is 2.46. The van der Waals surface area contributed by atoms with E-state index in [1.807, 2.05) is 19.1 Å². The van der Waals surface area contributed by atoms with Crippen molar-refractivity contribution in [3.05, 3.63) is 24.3 Å². The molecule has 1 amide bonds. The van der Waals surface area contributed by atoms with Gasteiger partial charge in [-0.1, -0.05) is 19.1 Å². The summed E-state index contributed by atoms with van der Waals surface area (Å²) < 4.78 is 10.3. The fraction of sp³-hybridized carbons (Fsp3) is 0.529. The van der Waals surface area contributed by atoms with Gasteiger partial charge in [0.05, 0.1) is 32.0 Å². The quantitative estimate of drug-likeness (QED) is 0.707. The van der Waals surface area contributed by atoms with Gasteiger partial charge >= 0.3 is 5.97 Å². The second-order valence-corrected chi connectivity index (χ2v) is 5.50. The molecule has 0 saturated heterocycles. The minimum absolute atomic E-state index is 0.103. The molecule has 0 aromatic heterocycles. The molecule has 0 saturated carbocycles. The summed E-state index contributed by atoms with van der Waals surface area (Å²) in [5.74, 6) is 0.0842. The van der Waals surface area contributed by atoms with Crippen molar-refractivity contribution in [1.82, 2.24) is 4.90 Å². The van der Waals surface area contributed by atoms with Gasteiger partial charge in [0.1, 0.15) is 5.75 Å². The van der Waals surface area contributed by atoms with Crippen molar-refractivity contribution >= 4 is 17.6 Å². The van der Waals surface area contributed by atoms with E-state index in [4.69, 9.17) is 9.47 Å². The van der Waals surface area contributed by atoms with Crippen LogP contribution in [0.15, 0.2) is 24.3 Å². The molecule has 23 heavy (non-hydrogen) atoms. The number of nitrogens with one attached hydrogen (secondary N) is 1. The number of carbonyl (C=O) groups excluding carboxylic acids is 2. The average molecular weight is 322 g/mol. The van der Waals surface area contributed by atoms with Crippen molar-refractivity contribution in [2.45, 2.75) is 33.3 Å². The van der Waals surface area contributed by atoms with Crippen LogP contribution in [0.3, 0.4) is 0 Å². The summed E-state index contributed by atoms with van der Waals surface area (Å²) in [6.07, 6.45) is 0.685. The van der Waals surface area contributed by atoms with E-state index in [0.717, 1.165) is 6.42 Å². The lowest BCUT2D eigenvalue weighted by Gasteiger charge is -2.21. The molecule has 0 aliphatic carbocycles. The van der Waals surface area contributed by atoms with Gasteiger partial charge in [0.2, 0.25) is 5.91 Å². The fourth-order valence-corrected chi connectivity index (χ4v) is 2.15. The molecule has 128 valence electrons. The number of ether oxygens (including phenoxy) is 2. The molecule has 1 N–H and O–H groups in total. The minimum atomic E-state index is -0.321. The van der Waals surface area contributed by atoms with Crippen LogP contribution < -0.4 is 10.1 Å². The maximum Gasteiger partial charge on any atom is 0.320 e. The second-order valence-electron chi connectivity index (χ2n) is 5.50. The van der Waals surface area contributed by atoms with Gasteiger partial charge in [0.25, 0.3) is 0 Å². The van der Waals surface area contributed by atoms with Crippen molar-refractivity contribution in [2.24, 2.45) is 0 Å². The Balaban J connectivity index is 2.61. The van der Waals surface area contributed by atoms with Gasteiger partial charge in [-0.2, -0.15) is 0 Å². The molecule has 0 fully saturated rings. The lowest BCUT2D eigenvalue weighted by atomic mass is 10.3. The summed E-state index contributed by atoms with van der Waals surface area (Å²) in [6, 6.07) is 7.20. The molecule has 1 rings (SSSR count). The summed E-state index contributed by atoms with van der Waals surface area (Å²) in [5.41, 5.74) is 0.612. The van der Waals surface area contributed by atoms with Gasteiger partial charge in [0, 0.05) is 0 Å². The Kier molecular flexibility index (Phi) is 8.11. The van der Waals surface area contributed by atoms with Crippen molar-refractivity contribution < 1.29 is 19.1 Å². The molecule has 0 atom stereocenters. The smallest absolute Gasteiger partial charge is 0.320 e. The number of para-hydroxylation sites is 2. The first kappa shape index (κ1) is 19.0.